The van der Waals surface area contributed by atoms with Gasteiger partial charge in [0.05, 0.1) is 7.11 Å². The zero-order valence-corrected chi connectivity index (χ0v) is 9.30. The van der Waals surface area contributed by atoms with Gasteiger partial charge in [0.1, 0.15) is 0 Å². The van der Waals surface area contributed by atoms with Crippen molar-refractivity contribution in [2.45, 2.75) is 19.7 Å². The minimum absolute atomic E-state index is 0.123. The highest BCUT2D eigenvalue weighted by Gasteiger charge is 2.32. The number of methoxy groups -OCH3 is 1. The van der Waals surface area contributed by atoms with Gasteiger partial charge >= 0.3 is 6.36 Å². The number of benzene rings is 1. The molecule has 0 spiro atoms. The minimum atomic E-state index is -4.79. The molecule has 0 aliphatic carbocycles. The van der Waals surface area contributed by atoms with Gasteiger partial charge in [0.25, 0.3) is 0 Å². The Hall–Kier alpha value is -1.72. The van der Waals surface area contributed by atoms with Crippen LogP contribution in [0.3, 0.4) is 0 Å². The Morgan fingerprint density at radius 2 is 1.94 bits per heavy atom. The number of hydrogen-bond acceptors (Lipinski definition) is 3. The fourth-order valence-electron chi connectivity index (χ4n) is 1.25. The molecule has 17 heavy (non-hydrogen) atoms. The molecule has 1 aromatic rings. The summed E-state index contributed by atoms with van der Waals surface area (Å²) in [5.41, 5.74) is 0.291. The normalized spacial score (nSPS) is 11.1. The molecule has 0 atom stereocenters. The van der Waals surface area contributed by atoms with E-state index in [9.17, 15) is 18.0 Å². The van der Waals surface area contributed by atoms with E-state index in [0.29, 0.717) is 5.56 Å². The molecule has 0 bridgehead atoms. The van der Waals surface area contributed by atoms with E-state index < -0.39 is 12.1 Å². The first-order chi connectivity index (χ1) is 7.87. The Labute approximate surface area is 96.1 Å². The molecule has 1 aromatic carbocycles. The van der Waals surface area contributed by atoms with E-state index in [4.69, 9.17) is 4.74 Å². The number of hydrogen-bond donors (Lipinski definition) is 0. The first-order valence-corrected chi connectivity index (χ1v) is 4.84. The number of rotatable bonds is 4. The Balaban J connectivity index is 3.05. The molecule has 6 heteroatoms. The largest absolute Gasteiger partial charge is 0.573 e. The summed E-state index contributed by atoms with van der Waals surface area (Å²) in [4.78, 5) is 11.4. The summed E-state index contributed by atoms with van der Waals surface area (Å²) in [5.74, 6) is -0.767. The Morgan fingerprint density at radius 1 is 1.29 bits per heavy atom. The van der Waals surface area contributed by atoms with Gasteiger partial charge < -0.3 is 9.47 Å². The Bertz CT molecular complexity index is 413. The first kappa shape index (κ1) is 13.3. The Morgan fingerprint density at radius 3 is 2.41 bits per heavy atom. The molecule has 0 saturated carbocycles. The molecule has 0 saturated heterocycles. The number of alkyl halides is 3. The zero-order chi connectivity index (χ0) is 13.1. The fourth-order valence-corrected chi connectivity index (χ4v) is 1.25. The lowest BCUT2D eigenvalue weighted by Gasteiger charge is -2.13. The van der Waals surface area contributed by atoms with Crippen LogP contribution in [0.4, 0.5) is 13.2 Å². The van der Waals surface area contributed by atoms with Crippen LogP contribution in [-0.2, 0) is 0 Å². The second kappa shape index (κ2) is 5.07. The second-order valence-electron chi connectivity index (χ2n) is 3.19. The topological polar surface area (TPSA) is 35.5 Å². The van der Waals surface area contributed by atoms with Crippen LogP contribution in [0, 0.1) is 0 Å². The highest BCUT2D eigenvalue weighted by atomic mass is 19.4. The van der Waals surface area contributed by atoms with Crippen LogP contribution in [0.25, 0.3) is 0 Å². The monoisotopic (exact) mass is 248 g/mol. The van der Waals surface area contributed by atoms with Gasteiger partial charge in [-0.1, -0.05) is 6.92 Å². The summed E-state index contributed by atoms with van der Waals surface area (Å²) >= 11 is 0. The number of carbonyl (C=O) groups excluding carboxylic acids is 1. The van der Waals surface area contributed by atoms with Gasteiger partial charge in [0, 0.05) is 12.0 Å². The maximum absolute atomic E-state index is 12.0. The highest BCUT2D eigenvalue weighted by Crippen LogP contribution is 2.32. The van der Waals surface area contributed by atoms with E-state index >= 15 is 0 Å². The average molecular weight is 248 g/mol. The van der Waals surface area contributed by atoms with Crippen LogP contribution >= 0.6 is 0 Å². The molecular weight excluding hydrogens is 237 g/mol. The zero-order valence-electron chi connectivity index (χ0n) is 9.30. The molecule has 0 fully saturated rings. The Kier molecular flexibility index (Phi) is 3.98. The van der Waals surface area contributed by atoms with Gasteiger partial charge in [0.2, 0.25) is 0 Å². The minimum Gasteiger partial charge on any atom is -0.493 e. The van der Waals surface area contributed by atoms with E-state index in [2.05, 4.69) is 4.74 Å². The van der Waals surface area contributed by atoms with E-state index in [0.717, 1.165) is 6.07 Å². The lowest BCUT2D eigenvalue weighted by Crippen LogP contribution is -2.17. The van der Waals surface area contributed by atoms with Crippen LogP contribution in [0.2, 0.25) is 0 Å². The van der Waals surface area contributed by atoms with Crippen molar-refractivity contribution >= 4 is 5.78 Å². The van der Waals surface area contributed by atoms with Crippen molar-refractivity contribution in [3.8, 4) is 11.5 Å². The third-order valence-corrected chi connectivity index (χ3v) is 2.03. The lowest BCUT2D eigenvalue weighted by atomic mass is 10.1. The first-order valence-electron chi connectivity index (χ1n) is 4.84. The molecule has 0 amide bonds. The maximum atomic E-state index is 12.0. The molecular formula is C11H11F3O3. The van der Waals surface area contributed by atoms with E-state index in [1.807, 2.05) is 0 Å². The van der Waals surface area contributed by atoms with Crippen LogP contribution in [-0.4, -0.2) is 19.3 Å². The van der Waals surface area contributed by atoms with Gasteiger partial charge in [0.15, 0.2) is 17.3 Å². The molecule has 0 N–H and O–H groups in total. The standard InChI is InChI=1S/C11H11F3O3/c1-3-8(15)7-4-5-9(10(6-7)16-2)17-11(12,13)14/h4-6H,3H2,1-2H3. The summed E-state index contributed by atoms with van der Waals surface area (Å²) in [7, 11) is 1.21. The lowest BCUT2D eigenvalue weighted by molar-refractivity contribution is -0.275. The van der Waals surface area contributed by atoms with Gasteiger partial charge in [-0.2, -0.15) is 0 Å². The summed E-state index contributed by atoms with van der Waals surface area (Å²) < 4.78 is 44.6. The molecule has 0 aromatic heterocycles. The molecule has 3 nitrogen and oxygen atoms in total. The number of ketones is 1. The predicted octanol–water partition coefficient (Wildman–Crippen LogP) is 3.19. The van der Waals surface area contributed by atoms with Crippen LogP contribution in [0.15, 0.2) is 18.2 Å². The van der Waals surface area contributed by atoms with Crippen LogP contribution in [0.5, 0.6) is 11.5 Å². The third-order valence-electron chi connectivity index (χ3n) is 2.03. The summed E-state index contributed by atoms with van der Waals surface area (Å²) in [6.45, 7) is 1.66. The van der Waals surface area contributed by atoms with Crippen molar-refractivity contribution in [3.05, 3.63) is 23.8 Å². The smallest absolute Gasteiger partial charge is 0.493 e. The van der Waals surface area contributed by atoms with Crippen LogP contribution < -0.4 is 9.47 Å². The molecule has 0 radical (unpaired) electrons. The molecule has 0 heterocycles. The van der Waals surface area contributed by atoms with Crippen molar-refractivity contribution in [2.24, 2.45) is 0 Å². The molecule has 94 valence electrons. The van der Waals surface area contributed by atoms with Crippen molar-refractivity contribution in [1.29, 1.82) is 0 Å². The summed E-state index contributed by atoms with van der Waals surface area (Å²) in [6, 6.07) is 3.57. The highest BCUT2D eigenvalue weighted by molar-refractivity contribution is 5.96. The molecule has 1 rings (SSSR count). The molecule has 0 unspecified atom stereocenters. The van der Waals surface area contributed by atoms with Gasteiger partial charge in [-0.25, -0.2) is 0 Å². The van der Waals surface area contributed by atoms with E-state index in [-0.39, 0.29) is 18.0 Å². The maximum Gasteiger partial charge on any atom is 0.573 e. The van der Waals surface area contributed by atoms with E-state index in [1.165, 1.54) is 19.2 Å². The number of Topliss-reactive ketones (excluding diaryl/α,β-unsaturated/α-hetero) is 1. The van der Waals surface area contributed by atoms with Crippen molar-refractivity contribution in [2.75, 3.05) is 7.11 Å². The van der Waals surface area contributed by atoms with Gasteiger partial charge in [-0.05, 0) is 18.2 Å². The van der Waals surface area contributed by atoms with E-state index in [1.54, 1.807) is 6.92 Å². The number of carbonyl (C=O) groups is 1. The molecule has 0 aliphatic rings. The quantitative estimate of drug-likeness (QED) is 0.767. The summed E-state index contributed by atoms with van der Waals surface area (Å²) in [6.07, 6.45) is -4.52. The van der Waals surface area contributed by atoms with Crippen molar-refractivity contribution in [3.63, 3.8) is 0 Å². The predicted molar refractivity (Wildman–Crippen MR) is 54.3 cm³/mol. The summed E-state index contributed by atoms with van der Waals surface area (Å²) in [5, 5.41) is 0. The number of halogens is 3. The fraction of sp³-hybridized carbons (Fsp3) is 0.364. The van der Waals surface area contributed by atoms with Crippen LogP contribution in [0.1, 0.15) is 23.7 Å². The second-order valence-corrected chi connectivity index (χ2v) is 3.19. The third kappa shape index (κ3) is 3.65. The van der Waals surface area contributed by atoms with Gasteiger partial charge in [-0.3, -0.25) is 4.79 Å². The van der Waals surface area contributed by atoms with Gasteiger partial charge in [-0.15, -0.1) is 13.2 Å². The average Bonchev–Trinajstić information content (AvgIpc) is 2.26. The SMILES string of the molecule is CCC(=O)c1ccc(OC(F)(F)F)c(OC)c1. The molecule has 0 aliphatic heterocycles. The van der Waals surface area contributed by atoms with Crippen molar-refractivity contribution < 1.29 is 27.4 Å². The number of ether oxygens (including phenoxy) is 2. The van der Waals surface area contributed by atoms with Crippen molar-refractivity contribution in [1.82, 2.24) is 0 Å².